The average Bonchev–Trinajstić information content (AvgIpc) is 2.29. The van der Waals surface area contributed by atoms with Gasteiger partial charge >= 0.3 is 59.1 Å². The minimum absolute atomic E-state index is 0. The molecule has 0 aliphatic rings. The molecule has 0 fully saturated rings. The van der Waals surface area contributed by atoms with E-state index in [0.29, 0.717) is 6.42 Å². The van der Waals surface area contributed by atoms with Crippen molar-refractivity contribution in [3.05, 3.63) is 0 Å². The molecular formula is C10H18N4Na2O6. The molecule has 0 saturated carbocycles. The van der Waals surface area contributed by atoms with Gasteiger partial charge in [0.25, 0.3) is 0 Å². The van der Waals surface area contributed by atoms with E-state index in [4.69, 9.17) is 17.2 Å². The summed E-state index contributed by atoms with van der Waals surface area (Å²) in [6, 6.07) is -1.11. The number of carbonyl (C=O) groups excluding carboxylic acids is 3. The van der Waals surface area contributed by atoms with Crippen LogP contribution in [0.3, 0.4) is 0 Å². The molecule has 0 aliphatic heterocycles. The van der Waals surface area contributed by atoms with E-state index in [2.05, 4.69) is 4.99 Å². The molecule has 12 heteroatoms. The van der Waals surface area contributed by atoms with Crippen LogP contribution < -0.4 is 86.5 Å². The normalized spacial score (nSPS) is 11.5. The zero-order chi connectivity index (χ0) is 15.0. The first-order valence-corrected chi connectivity index (χ1v) is 5.51. The number of carbonyl (C=O) groups is 3. The summed E-state index contributed by atoms with van der Waals surface area (Å²) in [4.78, 5) is 36.3. The van der Waals surface area contributed by atoms with Crippen LogP contribution in [0.1, 0.15) is 19.3 Å². The number of carboxylic acid groups (broad SMARTS) is 2. The van der Waals surface area contributed by atoms with Crippen molar-refractivity contribution in [1.82, 2.24) is 0 Å². The zero-order valence-corrected chi connectivity index (χ0v) is 16.7. The summed E-state index contributed by atoms with van der Waals surface area (Å²) in [5.41, 5.74) is 15.7. The topological polar surface area (TPSA) is 219 Å². The number of rotatable bonds is 9. The van der Waals surface area contributed by atoms with Gasteiger partial charge in [-0.05, 0) is 12.8 Å². The van der Waals surface area contributed by atoms with Gasteiger partial charge in [-0.1, -0.05) is 0 Å². The van der Waals surface area contributed by atoms with Gasteiger partial charge in [-0.3, -0.25) is 9.79 Å². The number of hydrogen-bond acceptors (Lipinski definition) is 7. The van der Waals surface area contributed by atoms with E-state index in [1.54, 1.807) is 0 Å². The van der Waals surface area contributed by atoms with Gasteiger partial charge in [0.15, 0.2) is 11.7 Å². The van der Waals surface area contributed by atoms with E-state index < -0.39 is 36.1 Å². The fraction of sp³-hybridized carbons (Fsp3) is 0.600. The van der Waals surface area contributed by atoms with Crippen molar-refractivity contribution >= 4 is 23.7 Å². The Morgan fingerprint density at radius 1 is 1.09 bits per heavy atom. The van der Waals surface area contributed by atoms with Crippen LogP contribution in [0.5, 0.6) is 0 Å². The van der Waals surface area contributed by atoms with Gasteiger partial charge in [-0.15, -0.1) is 0 Å². The maximum Gasteiger partial charge on any atom is 1.00 e. The van der Waals surface area contributed by atoms with Gasteiger partial charge in [0, 0.05) is 18.9 Å². The Morgan fingerprint density at radius 2 is 1.59 bits per heavy atom. The molecule has 10 nitrogen and oxygen atoms in total. The molecule has 0 heterocycles. The maximum absolute atomic E-state index is 11.6. The largest absolute Gasteiger partial charge is 1.00 e. The molecular weight excluding hydrogens is 318 g/mol. The van der Waals surface area contributed by atoms with Crippen LogP contribution in [-0.4, -0.2) is 41.7 Å². The second-order valence-electron chi connectivity index (χ2n) is 3.91. The molecule has 0 amide bonds. The minimum Gasteiger partial charge on any atom is -0.550 e. The number of aliphatic carboxylic acids is 2. The summed E-state index contributed by atoms with van der Waals surface area (Å²) >= 11 is 0. The van der Waals surface area contributed by atoms with E-state index in [-0.39, 0.29) is 83.5 Å². The van der Waals surface area contributed by atoms with Crippen molar-refractivity contribution in [2.24, 2.45) is 28.1 Å². The number of hydrogen-bond donors (Lipinski definition) is 3. The van der Waals surface area contributed by atoms with Crippen molar-refractivity contribution in [3.63, 3.8) is 0 Å². The van der Waals surface area contributed by atoms with Crippen LogP contribution >= 0.6 is 0 Å². The predicted octanol–water partition coefficient (Wildman–Crippen LogP) is -11.4. The minimum atomic E-state index is -1.80. The quantitative estimate of drug-likeness (QED) is 0.120. The van der Waals surface area contributed by atoms with Crippen LogP contribution in [-0.2, 0) is 14.4 Å². The third-order valence-electron chi connectivity index (χ3n) is 2.33. The number of nitrogens with two attached hydrogens (primary N) is 3. The van der Waals surface area contributed by atoms with E-state index in [9.17, 15) is 24.6 Å². The molecule has 0 aromatic rings. The number of carboxylic acids is 2. The fourth-order valence-electron chi connectivity index (χ4n) is 1.39. The molecule has 1 unspecified atom stereocenters. The summed E-state index contributed by atoms with van der Waals surface area (Å²) in [5.74, 6) is -6.26. The molecule has 22 heavy (non-hydrogen) atoms. The number of Topliss-reactive ketones (excluding diaryl/α,β-unsaturated/α-hetero) is 1. The fourth-order valence-corrected chi connectivity index (χ4v) is 1.39. The Bertz CT molecular complexity index is 390. The van der Waals surface area contributed by atoms with Crippen LogP contribution in [0.15, 0.2) is 4.99 Å². The van der Waals surface area contributed by atoms with Gasteiger partial charge < -0.3 is 42.5 Å². The molecule has 0 rings (SSSR count). The van der Waals surface area contributed by atoms with Crippen molar-refractivity contribution in [1.29, 1.82) is 0 Å². The van der Waals surface area contributed by atoms with Gasteiger partial charge in [-0.2, -0.15) is 0 Å². The van der Waals surface area contributed by atoms with Crippen molar-refractivity contribution in [2.45, 2.75) is 25.3 Å². The molecule has 0 spiro atoms. The first-order chi connectivity index (χ1) is 8.75. The summed E-state index contributed by atoms with van der Waals surface area (Å²) < 4.78 is 0. The Kier molecular flexibility index (Phi) is 21.2. The first-order valence-electron chi connectivity index (χ1n) is 5.51. The van der Waals surface area contributed by atoms with Gasteiger partial charge in [0.1, 0.15) is 0 Å². The van der Waals surface area contributed by atoms with E-state index in [1.165, 1.54) is 0 Å². The van der Waals surface area contributed by atoms with Crippen LogP contribution in [0.4, 0.5) is 0 Å². The summed E-state index contributed by atoms with van der Waals surface area (Å²) in [7, 11) is 0. The van der Waals surface area contributed by atoms with E-state index in [0.717, 1.165) is 0 Å². The van der Waals surface area contributed by atoms with Gasteiger partial charge in [-0.25, -0.2) is 0 Å². The average molecular weight is 336 g/mol. The Morgan fingerprint density at radius 3 is 1.95 bits per heavy atom. The van der Waals surface area contributed by atoms with Crippen molar-refractivity contribution in [2.75, 3.05) is 6.54 Å². The summed E-state index contributed by atoms with van der Waals surface area (Å²) in [6.45, 7) is 0.236. The molecule has 8 N–H and O–H groups in total. The number of guanidine groups is 1. The smallest absolute Gasteiger partial charge is 0.550 e. The summed E-state index contributed by atoms with van der Waals surface area (Å²) in [6.07, 6.45) is -0.467. The second kappa shape index (κ2) is 15.7. The van der Waals surface area contributed by atoms with E-state index >= 15 is 0 Å². The number of aliphatic imine (C=N–C) groups is 1. The molecule has 0 aromatic carbocycles. The van der Waals surface area contributed by atoms with Gasteiger partial charge in [0.05, 0.1) is 17.9 Å². The van der Waals surface area contributed by atoms with Gasteiger partial charge in [0.2, 0.25) is 0 Å². The standard InChI is InChI=1S/C10H18N4O5.2Na.H2O/c11-6(2-1-3-14-10(12)13)8(17)5(9(18)19)4-7(15)16;;;/h5-6H,1-4,11H2,(H,15,16)(H,18,19)(H4,12,13,14);;;1H2/q;2*+1;/p-2/t5?,6-;;;/m0.../s1. The Hall–Kier alpha value is -0.200. The van der Waals surface area contributed by atoms with Crippen LogP contribution in [0, 0.1) is 5.92 Å². The third kappa shape index (κ3) is 13.5. The zero-order valence-electron chi connectivity index (χ0n) is 12.7. The molecule has 116 valence electrons. The molecule has 0 bridgehead atoms. The van der Waals surface area contributed by atoms with Crippen molar-refractivity contribution in [3.8, 4) is 0 Å². The van der Waals surface area contributed by atoms with E-state index in [1.807, 2.05) is 0 Å². The number of ketones is 1. The van der Waals surface area contributed by atoms with Crippen molar-refractivity contribution < 1.29 is 89.2 Å². The monoisotopic (exact) mass is 336 g/mol. The molecule has 0 saturated heterocycles. The molecule has 2 atom stereocenters. The molecule has 0 aromatic heterocycles. The Labute approximate surface area is 171 Å². The van der Waals surface area contributed by atoms with Crippen LogP contribution in [0.25, 0.3) is 0 Å². The second-order valence-corrected chi connectivity index (χ2v) is 3.91. The first kappa shape index (κ1) is 29.8. The Balaban J connectivity index is -0.000000540. The number of nitrogens with zero attached hydrogens (tertiary/aromatic N) is 1. The summed E-state index contributed by atoms with van der Waals surface area (Å²) in [5, 5.41) is 21.0. The van der Waals surface area contributed by atoms with Crippen LogP contribution in [0.2, 0.25) is 0 Å². The third-order valence-corrected chi connectivity index (χ3v) is 2.33. The maximum atomic E-state index is 11.6. The SMILES string of the molecule is NC(N)=NCCC[C@H](N)C(=O)C(CC(=O)[O-])C(=O)[O-].O.[Na+].[Na+]. The molecule has 0 aliphatic carbocycles. The predicted molar refractivity (Wildman–Crippen MR) is 64.6 cm³/mol. The molecule has 0 radical (unpaired) electrons.